The topological polar surface area (TPSA) is 64.6 Å². The van der Waals surface area contributed by atoms with Crippen LogP contribution in [0.15, 0.2) is 109 Å². The molecule has 0 aromatic heterocycles. The summed E-state index contributed by atoms with van der Waals surface area (Å²) in [7, 11) is -1.42. The van der Waals surface area contributed by atoms with Crippen LogP contribution in [0.3, 0.4) is 0 Å². The molecule has 4 atom stereocenters. The van der Waals surface area contributed by atoms with Gasteiger partial charge in [0.25, 0.3) is 8.32 Å². The highest BCUT2D eigenvalue weighted by atomic mass is 35.5. The molecule has 5 nitrogen and oxygen atoms in total. The Labute approximate surface area is 296 Å². The van der Waals surface area contributed by atoms with Gasteiger partial charge in [0, 0.05) is 22.6 Å². The van der Waals surface area contributed by atoms with Gasteiger partial charge in [0.2, 0.25) is 5.91 Å². The number of rotatable bonds is 11. The Bertz CT molecular complexity index is 1650. The number of carbonyl (C=O) groups is 2. The maximum atomic E-state index is 14.5. The maximum Gasteiger partial charge on any atom is 0.306 e. The van der Waals surface area contributed by atoms with Crippen molar-refractivity contribution < 1.29 is 18.8 Å². The highest BCUT2D eigenvalue weighted by Gasteiger charge is 2.54. The number of carbonyl (C=O) groups excluding carboxylic acids is 2. The highest BCUT2D eigenvalue weighted by Crippen LogP contribution is 2.51. The summed E-state index contributed by atoms with van der Waals surface area (Å²) >= 11 is 12.7. The second kappa shape index (κ2) is 15.0. The molecule has 5 rings (SSSR count). The predicted molar refractivity (Wildman–Crippen MR) is 198 cm³/mol. The minimum absolute atomic E-state index is 0.0416. The van der Waals surface area contributed by atoms with Crippen LogP contribution in [0.25, 0.3) is 0 Å². The van der Waals surface area contributed by atoms with Crippen molar-refractivity contribution in [3.05, 3.63) is 130 Å². The Morgan fingerprint density at radius 1 is 0.875 bits per heavy atom. The molecule has 0 aliphatic carbocycles. The van der Waals surface area contributed by atoms with Crippen LogP contribution in [0.4, 0.5) is 0 Å². The van der Waals surface area contributed by atoms with Gasteiger partial charge < -0.3 is 14.5 Å². The first-order valence-electron chi connectivity index (χ1n) is 16.5. The van der Waals surface area contributed by atoms with Crippen LogP contribution < -0.4 is 15.7 Å². The highest BCUT2D eigenvalue weighted by molar-refractivity contribution is 6.99. The molecule has 1 aliphatic rings. The number of halogens is 2. The Morgan fingerprint density at radius 3 is 2.02 bits per heavy atom. The van der Waals surface area contributed by atoms with E-state index in [0.29, 0.717) is 29.5 Å². The Morgan fingerprint density at radius 2 is 1.48 bits per heavy atom. The van der Waals surface area contributed by atoms with Gasteiger partial charge >= 0.3 is 5.97 Å². The van der Waals surface area contributed by atoms with Gasteiger partial charge in [0.05, 0.1) is 25.0 Å². The van der Waals surface area contributed by atoms with Crippen LogP contribution in [0.2, 0.25) is 15.1 Å². The number of esters is 1. The lowest BCUT2D eigenvalue weighted by Gasteiger charge is -2.48. The van der Waals surface area contributed by atoms with E-state index >= 15 is 0 Å². The number of nitrogens with one attached hydrogen (secondary N) is 1. The molecular formula is C40H45Cl2NO4Si. The van der Waals surface area contributed by atoms with Crippen molar-refractivity contribution in [2.24, 2.45) is 11.3 Å². The number of benzene rings is 4. The largest absolute Gasteiger partial charge is 0.469 e. The van der Waals surface area contributed by atoms with Crippen molar-refractivity contribution in [2.75, 3.05) is 13.7 Å². The van der Waals surface area contributed by atoms with E-state index in [-0.39, 0.29) is 35.2 Å². The molecule has 252 valence electrons. The van der Waals surface area contributed by atoms with E-state index in [1.807, 2.05) is 60.7 Å². The van der Waals surface area contributed by atoms with Crippen molar-refractivity contribution >= 4 is 53.8 Å². The molecular weight excluding hydrogens is 657 g/mol. The molecule has 0 saturated carbocycles. The van der Waals surface area contributed by atoms with Crippen molar-refractivity contribution in [1.29, 1.82) is 0 Å². The van der Waals surface area contributed by atoms with Gasteiger partial charge in [-0.05, 0) is 69.6 Å². The molecule has 1 N–H and O–H groups in total. The molecule has 0 bridgehead atoms. The monoisotopic (exact) mass is 701 g/mol. The number of ether oxygens (including phenoxy) is 1. The zero-order valence-corrected chi connectivity index (χ0v) is 30.9. The van der Waals surface area contributed by atoms with Crippen LogP contribution in [0, 0.1) is 11.3 Å². The first-order chi connectivity index (χ1) is 22.9. The van der Waals surface area contributed by atoms with E-state index in [4.69, 9.17) is 32.4 Å². The molecule has 1 aliphatic heterocycles. The summed E-state index contributed by atoms with van der Waals surface area (Å²) < 4.78 is 12.4. The third kappa shape index (κ3) is 7.28. The molecule has 0 spiro atoms. The molecule has 1 saturated heterocycles. The van der Waals surface area contributed by atoms with Crippen LogP contribution in [-0.4, -0.2) is 33.9 Å². The number of methoxy groups -OCH3 is 1. The standard InChI is InChI=1S/C40H45Cl2NO4Si/c1-28(23-24-47-48(39(2,3)4,33-15-8-6-9-16-33)34-17-10-7-11-18-34)40(27-36(44)46-5)26-35(30-13-12-14-32(42)25-30)37(43-38(40)45)29-19-21-31(41)22-20-29/h6-22,25,28,35,37H,23-24,26-27H2,1-5H3,(H,43,45)/t28-,35+,37+,40-/m0/s1. The van der Waals surface area contributed by atoms with Gasteiger partial charge in [-0.25, -0.2) is 0 Å². The first kappa shape index (κ1) is 35.9. The van der Waals surface area contributed by atoms with E-state index in [2.05, 4.69) is 81.5 Å². The lowest BCUT2D eigenvalue weighted by atomic mass is 9.61. The average molecular weight is 703 g/mol. The van der Waals surface area contributed by atoms with Crippen molar-refractivity contribution in [2.45, 2.75) is 64.0 Å². The Hall–Kier alpha value is -3.42. The van der Waals surface area contributed by atoms with E-state index in [1.54, 1.807) is 0 Å². The van der Waals surface area contributed by atoms with Crippen LogP contribution in [-0.2, 0) is 18.8 Å². The third-order valence-electron chi connectivity index (χ3n) is 10.1. The van der Waals surface area contributed by atoms with Gasteiger partial charge in [-0.1, -0.05) is 136 Å². The number of piperidine rings is 1. The normalized spacial score (nSPS) is 20.5. The smallest absolute Gasteiger partial charge is 0.306 e. The average Bonchev–Trinajstić information content (AvgIpc) is 3.08. The summed E-state index contributed by atoms with van der Waals surface area (Å²) in [5.41, 5.74) is 0.886. The van der Waals surface area contributed by atoms with Crippen LogP contribution >= 0.6 is 23.2 Å². The van der Waals surface area contributed by atoms with Crippen molar-refractivity contribution in [1.82, 2.24) is 5.32 Å². The molecule has 1 amide bonds. The number of hydrogen-bond donors (Lipinski definition) is 1. The quantitative estimate of drug-likeness (QED) is 0.126. The number of amides is 1. The van der Waals surface area contributed by atoms with Gasteiger partial charge in [0.1, 0.15) is 0 Å². The van der Waals surface area contributed by atoms with Crippen molar-refractivity contribution in [3.63, 3.8) is 0 Å². The molecule has 1 fully saturated rings. The zero-order chi connectivity index (χ0) is 34.5. The molecule has 4 aromatic rings. The van der Waals surface area contributed by atoms with Crippen LogP contribution in [0.5, 0.6) is 0 Å². The summed E-state index contributed by atoms with van der Waals surface area (Å²) in [6, 6.07) is 36.0. The van der Waals surface area contributed by atoms with E-state index in [9.17, 15) is 9.59 Å². The minimum Gasteiger partial charge on any atom is -0.469 e. The fourth-order valence-electron chi connectivity index (χ4n) is 7.53. The fourth-order valence-corrected chi connectivity index (χ4v) is 12.4. The summed E-state index contributed by atoms with van der Waals surface area (Å²) in [4.78, 5) is 27.6. The van der Waals surface area contributed by atoms with Crippen LogP contribution in [0.1, 0.15) is 70.0 Å². The van der Waals surface area contributed by atoms with Gasteiger partial charge in [-0.3, -0.25) is 9.59 Å². The molecule has 8 heteroatoms. The van der Waals surface area contributed by atoms with Gasteiger partial charge in [-0.15, -0.1) is 0 Å². The number of hydrogen-bond acceptors (Lipinski definition) is 4. The summed E-state index contributed by atoms with van der Waals surface area (Å²) in [5, 5.41) is 6.78. The van der Waals surface area contributed by atoms with E-state index in [0.717, 1.165) is 11.1 Å². The van der Waals surface area contributed by atoms with Crippen molar-refractivity contribution in [3.8, 4) is 0 Å². The van der Waals surface area contributed by atoms with E-state index < -0.39 is 19.7 Å². The fraction of sp³-hybridized carbons (Fsp3) is 0.350. The summed E-state index contributed by atoms with van der Waals surface area (Å²) in [5.74, 6) is -0.960. The molecule has 0 radical (unpaired) electrons. The van der Waals surface area contributed by atoms with Gasteiger partial charge in [-0.2, -0.15) is 0 Å². The minimum atomic E-state index is -2.80. The second-order valence-corrected chi connectivity index (χ2v) is 19.2. The molecule has 0 unspecified atom stereocenters. The molecule has 1 heterocycles. The summed E-state index contributed by atoms with van der Waals surface area (Å²) in [6.45, 7) is 9.25. The molecule has 4 aromatic carbocycles. The molecule has 48 heavy (non-hydrogen) atoms. The lowest BCUT2D eigenvalue weighted by molar-refractivity contribution is -0.154. The summed E-state index contributed by atoms with van der Waals surface area (Å²) in [6.07, 6.45) is 0.963. The maximum absolute atomic E-state index is 14.5. The predicted octanol–water partition coefficient (Wildman–Crippen LogP) is 8.49. The zero-order valence-electron chi connectivity index (χ0n) is 28.3. The SMILES string of the molecule is COC(=O)C[C@]1([C@@H](C)CCO[Si](c2ccccc2)(c2ccccc2)C(C)(C)C)C[C@H](c2cccc(Cl)c2)[C@@H](c2ccc(Cl)cc2)NC1=O. The first-order valence-corrected chi connectivity index (χ1v) is 19.2. The Kier molecular flexibility index (Phi) is 11.2. The third-order valence-corrected chi connectivity index (χ3v) is 15.7. The van der Waals surface area contributed by atoms with Gasteiger partial charge in [0.15, 0.2) is 0 Å². The Balaban J connectivity index is 1.51. The second-order valence-electron chi connectivity index (χ2n) is 14.0. The lowest BCUT2D eigenvalue weighted by Crippen LogP contribution is -2.66. The van der Waals surface area contributed by atoms with E-state index in [1.165, 1.54) is 17.5 Å².